The van der Waals surface area contributed by atoms with Gasteiger partial charge in [0.15, 0.2) is 0 Å². The Hall–Kier alpha value is -0.720. The number of thioether (sulfide) groups is 1. The van der Waals surface area contributed by atoms with Gasteiger partial charge < -0.3 is 10.6 Å². The van der Waals surface area contributed by atoms with Gasteiger partial charge in [-0.05, 0) is 45.6 Å². The second kappa shape index (κ2) is 8.06. The third kappa shape index (κ3) is 5.20. The van der Waals surface area contributed by atoms with Gasteiger partial charge in [-0.3, -0.25) is 9.48 Å². The maximum Gasteiger partial charge on any atom is 0.271 e. The van der Waals surface area contributed by atoms with Crippen LogP contribution in [0.15, 0.2) is 12.3 Å². The lowest BCUT2D eigenvalue weighted by Crippen LogP contribution is -2.36. The molecule has 120 valence electrons. The number of piperidine rings is 1. The van der Waals surface area contributed by atoms with Crippen LogP contribution in [0, 0.1) is 0 Å². The Morgan fingerprint density at radius 2 is 2.38 bits per heavy atom. The van der Waals surface area contributed by atoms with E-state index in [-0.39, 0.29) is 23.1 Å². The Bertz CT molecular complexity index is 458. The monoisotopic (exact) mass is 332 g/mol. The van der Waals surface area contributed by atoms with Crippen molar-refractivity contribution in [1.82, 2.24) is 20.4 Å². The van der Waals surface area contributed by atoms with E-state index in [2.05, 4.69) is 35.8 Å². The molecule has 1 saturated heterocycles. The van der Waals surface area contributed by atoms with Crippen molar-refractivity contribution in [2.45, 2.75) is 37.5 Å². The van der Waals surface area contributed by atoms with E-state index < -0.39 is 0 Å². The molecular formula is C14H25ClN4OS. The van der Waals surface area contributed by atoms with Gasteiger partial charge in [0, 0.05) is 24.0 Å². The minimum absolute atomic E-state index is 0. The molecule has 2 N–H and O–H groups in total. The van der Waals surface area contributed by atoms with Crippen molar-refractivity contribution in [3.63, 3.8) is 0 Å². The standard InChI is InChI=1S/C14H24N4OS.ClH/c1-14(2,20-3)10-16-13(19)12-6-8-18(17-12)11-5-4-7-15-9-11;/h6,8,11,15H,4-5,7,9-10H2,1-3H3,(H,16,19);1H. The van der Waals surface area contributed by atoms with E-state index in [1.165, 1.54) is 0 Å². The Labute approximate surface area is 137 Å². The molecule has 0 aliphatic carbocycles. The molecule has 1 aromatic rings. The van der Waals surface area contributed by atoms with Gasteiger partial charge in [-0.25, -0.2) is 0 Å². The van der Waals surface area contributed by atoms with E-state index in [1.807, 2.05) is 10.9 Å². The van der Waals surface area contributed by atoms with Crippen LogP contribution >= 0.6 is 24.2 Å². The number of amides is 1. The van der Waals surface area contributed by atoms with Crippen LogP contribution in [0.25, 0.3) is 0 Å². The molecule has 21 heavy (non-hydrogen) atoms. The molecule has 2 heterocycles. The number of aromatic nitrogens is 2. The first-order valence-electron chi connectivity index (χ1n) is 7.11. The third-order valence-electron chi connectivity index (χ3n) is 3.71. The fraction of sp³-hybridized carbons (Fsp3) is 0.714. The molecule has 2 rings (SSSR count). The Morgan fingerprint density at radius 3 is 3.00 bits per heavy atom. The van der Waals surface area contributed by atoms with Gasteiger partial charge in [0.1, 0.15) is 5.69 Å². The summed E-state index contributed by atoms with van der Waals surface area (Å²) in [5.74, 6) is -0.0883. The van der Waals surface area contributed by atoms with Gasteiger partial charge in [0.2, 0.25) is 0 Å². The topological polar surface area (TPSA) is 59.0 Å². The van der Waals surface area contributed by atoms with Crippen LogP contribution in [0.5, 0.6) is 0 Å². The summed E-state index contributed by atoms with van der Waals surface area (Å²) >= 11 is 1.74. The number of hydrogen-bond donors (Lipinski definition) is 2. The fourth-order valence-electron chi connectivity index (χ4n) is 2.18. The summed E-state index contributed by atoms with van der Waals surface area (Å²) in [7, 11) is 0. The van der Waals surface area contributed by atoms with Gasteiger partial charge >= 0.3 is 0 Å². The van der Waals surface area contributed by atoms with E-state index in [9.17, 15) is 4.79 Å². The van der Waals surface area contributed by atoms with Crippen LogP contribution in [0.4, 0.5) is 0 Å². The molecular weight excluding hydrogens is 308 g/mol. The summed E-state index contributed by atoms with van der Waals surface area (Å²) in [6.07, 6.45) is 6.24. The van der Waals surface area contributed by atoms with E-state index >= 15 is 0 Å². The van der Waals surface area contributed by atoms with Crippen molar-refractivity contribution in [3.8, 4) is 0 Å². The van der Waals surface area contributed by atoms with E-state index in [1.54, 1.807) is 17.8 Å². The van der Waals surface area contributed by atoms with Crippen molar-refractivity contribution in [2.75, 3.05) is 25.9 Å². The molecule has 0 bridgehead atoms. The van der Waals surface area contributed by atoms with Crippen LogP contribution in [-0.4, -0.2) is 46.3 Å². The van der Waals surface area contributed by atoms with Crippen molar-refractivity contribution >= 4 is 30.1 Å². The maximum atomic E-state index is 12.1. The first-order chi connectivity index (χ1) is 9.52. The molecule has 0 spiro atoms. The lowest BCUT2D eigenvalue weighted by atomic mass is 10.1. The molecule has 5 nitrogen and oxygen atoms in total. The number of carbonyl (C=O) groups is 1. The molecule has 1 unspecified atom stereocenters. The van der Waals surface area contributed by atoms with Gasteiger partial charge in [0.05, 0.1) is 6.04 Å². The number of nitrogens with one attached hydrogen (secondary N) is 2. The Morgan fingerprint density at radius 1 is 1.62 bits per heavy atom. The SMILES string of the molecule is CSC(C)(C)CNC(=O)c1ccn(C2CCCNC2)n1.Cl. The number of hydrogen-bond acceptors (Lipinski definition) is 4. The van der Waals surface area contributed by atoms with Gasteiger partial charge in [-0.2, -0.15) is 16.9 Å². The highest BCUT2D eigenvalue weighted by Gasteiger charge is 2.20. The summed E-state index contributed by atoms with van der Waals surface area (Å²) in [6.45, 7) is 6.89. The van der Waals surface area contributed by atoms with Crippen molar-refractivity contribution in [3.05, 3.63) is 18.0 Å². The van der Waals surface area contributed by atoms with Crippen LogP contribution in [0.1, 0.15) is 43.2 Å². The average molecular weight is 333 g/mol. The Kier molecular flexibility index (Phi) is 7.03. The second-order valence-electron chi connectivity index (χ2n) is 5.83. The summed E-state index contributed by atoms with van der Waals surface area (Å²) in [4.78, 5) is 12.1. The smallest absolute Gasteiger partial charge is 0.271 e. The molecule has 1 aliphatic rings. The zero-order valence-corrected chi connectivity index (χ0v) is 14.5. The van der Waals surface area contributed by atoms with Crippen molar-refractivity contribution in [2.24, 2.45) is 0 Å². The van der Waals surface area contributed by atoms with Crippen LogP contribution in [0.3, 0.4) is 0 Å². The zero-order valence-electron chi connectivity index (χ0n) is 12.9. The van der Waals surface area contributed by atoms with Crippen molar-refractivity contribution in [1.29, 1.82) is 0 Å². The minimum atomic E-state index is -0.0883. The summed E-state index contributed by atoms with van der Waals surface area (Å²) < 4.78 is 1.96. The maximum absolute atomic E-state index is 12.1. The number of rotatable bonds is 5. The first kappa shape index (κ1) is 18.3. The molecule has 1 aliphatic heterocycles. The molecule has 1 aromatic heterocycles. The van der Waals surface area contributed by atoms with Gasteiger partial charge in [0.25, 0.3) is 5.91 Å². The Balaban J connectivity index is 0.00000220. The molecule has 1 fully saturated rings. The second-order valence-corrected chi connectivity index (χ2v) is 7.34. The predicted octanol–water partition coefficient (Wildman–Crippen LogP) is 2.10. The van der Waals surface area contributed by atoms with Crippen LogP contribution < -0.4 is 10.6 Å². The molecule has 0 saturated carbocycles. The highest BCUT2D eigenvalue weighted by molar-refractivity contribution is 7.99. The third-order valence-corrected chi connectivity index (χ3v) is 4.96. The molecule has 0 radical (unpaired) electrons. The number of halogens is 1. The van der Waals surface area contributed by atoms with E-state index in [0.29, 0.717) is 18.3 Å². The summed E-state index contributed by atoms with van der Waals surface area (Å²) in [5, 5.41) is 10.7. The van der Waals surface area contributed by atoms with Gasteiger partial charge in [-0.1, -0.05) is 0 Å². The van der Waals surface area contributed by atoms with Crippen LogP contribution in [-0.2, 0) is 0 Å². The molecule has 1 atom stereocenters. The van der Waals surface area contributed by atoms with Gasteiger partial charge in [-0.15, -0.1) is 12.4 Å². The molecule has 1 amide bonds. The fourth-order valence-corrected chi connectivity index (χ4v) is 2.39. The van der Waals surface area contributed by atoms with E-state index in [0.717, 1.165) is 25.9 Å². The zero-order chi connectivity index (χ0) is 14.6. The lowest BCUT2D eigenvalue weighted by Gasteiger charge is -2.23. The lowest BCUT2D eigenvalue weighted by molar-refractivity contribution is 0.0944. The predicted molar refractivity (Wildman–Crippen MR) is 90.5 cm³/mol. The van der Waals surface area contributed by atoms with E-state index in [4.69, 9.17) is 0 Å². The summed E-state index contributed by atoms with van der Waals surface area (Å²) in [6, 6.07) is 2.17. The quantitative estimate of drug-likeness (QED) is 0.867. The highest BCUT2D eigenvalue weighted by atomic mass is 35.5. The highest BCUT2D eigenvalue weighted by Crippen LogP contribution is 2.20. The van der Waals surface area contributed by atoms with Crippen molar-refractivity contribution < 1.29 is 4.79 Å². The minimum Gasteiger partial charge on any atom is -0.349 e. The number of carbonyl (C=O) groups excluding carboxylic acids is 1. The normalized spacial score (nSPS) is 18.9. The van der Waals surface area contributed by atoms with Crippen LogP contribution in [0.2, 0.25) is 0 Å². The largest absolute Gasteiger partial charge is 0.349 e. The summed E-state index contributed by atoms with van der Waals surface area (Å²) in [5.41, 5.74) is 0.507. The average Bonchev–Trinajstić information content (AvgIpc) is 2.96. The first-order valence-corrected chi connectivity index (χ1v) is 8.33. The number of nitrogens with zero attached hydrogens (tertiary/aromatic N) is 2. The molecule has 7 heteroatoms. The molecule has 0 aromatic carbocycles.